The molecule has 0 atom stereocenters. The second-order valence-corrected chi connectivity index (χ2v) is 3.74. The molecule has 4 N–H and O–H groups in total. The van der Waals surface area contributed by atoms with E-state index in [4.69, 9.17) is 11.5 Å². The van der Waals surface area contributed by atoms with Gasteiger partial charge in [0.25, 0.3) is 0 Å². The molecule has 0 spiro atoms. The molecule has 0 amide bonds. The molecule has 76 valence electrons. The minimum Gasteiger partial charge on any atom is -0.368 e. The van der Waals surface area contributed by atoms with E-state index in [1.54, 1.807) is 0 Å². The normalized spacial score (nSPS) is 18.3. The average Bonchev–Trinajstić information content (AvgIpc) is 2.18. The lowest BCUT2D eigenvalue weighted by Gasteiger charge is -2.19. The van der Waals surface area contributed by atoms with Crippen molar-refractivity contribution in [1.82, 2.24) is 15.0 Å². The van der Waals surface area contributed by atoms with Gasteiger partial charge in [0.2, 0.25) is 11.9 Å². The van der Waals surface area contributed by atoms with Gasteiger partial charge in [0.05, 0.1) is 0 Å². The number of aromatic nitrogens is 3. The first-order valence-electron chi connectivity index (χ1n) is 5.02. The molecule has 2 rings (SSSR count). The minimum absolute atomic E-state index is 0.234. The van der Waals surface area contributed by atoms with E-state index in [9.17, 15) is 0 Å². The number of anilines is 2. The Hall–Kier alpha value is -1.39. The van der Waals surface area contributed by atoms with Gasteiger partial charge in [-0.25, -0.2) is 0 Å². The summed E-state index contributed by atoms with van der Waals surface area (Å²) in [6, 6.07) is 0. The van der Waals surface area contributed by atoms with Crippen molar-refractivity contribution in [3.8, 4) is 0 Å². The molecule has 0 aliphatic heterocycles. The highest BCUT2D eigenvalue weighted by atomic mass is 15.1. The minimum atomic E-state index is 0.234. The first-order valence-corrected chi connectivity index (χ1v) is 5.02. The molecule has 1 aromatic heterocycles. The molecule has 14 heavy (non-hydrogen) atoms. The zero-order valence-electron chi connectivity index (χ0n) is 8.11. The second kappa shape index (κ2) is 3.77. The molecule has 0 radical (unpaired) electrons. The number of nitrogen functional groups attached to an aromatic ring is 2. The SMILES string of the molecule is Nc1nc(N)nc(C2CCCCC2)n1. The molecule has 1 aliphatic carbocycles. The molecule has 0 saturated heterocycles. The van der Waals surface area contributed by atoms with Crippen molar-refractivity contribution in [3.05, 3.63) is 5.82 Å². The van der Waals surface area contributed by atoms with Crippen LogP contribution in [0.3, 0.4) is 0 Å². The number of nitrogens with two attached hydrogens (primary N) is 2. The molecule has 1 fully saturated rings. The highest BCUT2D eigenvalue weighted by Gasteiger charge is 2.18. The fraction of sp³-hybridized carbons (Fsp3) is 0.667. The van der Waals surface area contributed by atoms with Crippen molar-refractivity contribution in [2.45, 2.75) is 38.0 Å². The monoisotopic (exact) mass is 193 g/mol. The average molecular weight is 193 g/mol. The first-order chi connectivity index (χ1) is 6.75. The Morgan fingerprint density at radius 1 is 0.857 bits per heavy atom. The Labute approximate surface area is 83.0 Å². The lowest BCUT2D eigenvalue weighted by molar-refractivity contribution is 0.428. The smallest absolute Gasteiger partial charge is 0.225 e. The Morgan fingerprint density at radius 3 is 2.00 bits per heavy atom. The van der Waals surface area contributed by atoms with Crippen LogP contribution in [0.2, 0.25) is 0 Å². The van der Waals surface area contributed by atoms with Crippen molar-refractivity contribution < 1.29 is 0 Å². The van der Waals surface area contributed by atoms with E-state index in [-0.39, 0.29) is 11.9 Å². The van der Waals surface area contributed by atoms with Crippen LogP contribution in [0.4, 0.5) is 11.9 Å². The van der Waals surface area contributed by atoms with Crippen LogP contribution in [-0.2, 0) is 0 Å². The summed E-state index contributed by atoms with van der Waals surface area (Å²) in [4.78, 5) is 12.0. The zero-order chi connectivity index (χ0) is 9.97. The van der Waals surface area contributed by atoms with Crippen LogP contribution < -0.4 is 11.5 Å². The highest BCUT2D eigenvalue weighted by molar-refractivity contribution is 5.26. The van der Waals surface area contributed by atoms with Gasteiger partial charge in [-0.1, -0.05) is 19.3 Å². The molecule has 1 heterocycles. The Morgan fingerprint density at radius 2 is 1.43 bits per heavy atom. The quantitative estimate of drug-likeness (QED) is 0.696. The third-order valence-corrected chi connectivity index (χ3v) is 2.66. The third kappa shape index (κ3) is 1.92. The van der Waals surface area contributed by atoms with Crippen molar-refractivity contribution in [2.24, 2.45) is 0 Å². The molecular formula is C9H15N5. The van der Waals surface area contributed by atoms with Crippen LogP contribution in [0.1, 0.15) is 43.8 Å². The summed E-state index contributed by atoms with van der Waals surface area (Å²) >= 11 is 0. The zero-order valence-corrected chi connectivity index (χ0v) is 8.11. The predicted octanol–water partition coefficient (Wildman–Crippen LogP) is 1.08. The lowest BCUT2D eigenvalue weighted by Crippen LogP contribution is -2.13. The fourth-order valence-corrected chi connectivity index (χ4v) is 1.97. The topological polar surface area (TPSA) is 90.7 Å². The number of rotatable bonds is 1. The van der Waals surface area contributed by atoms with Crippen molar-refractivity contribution in [2.75, 3.05) is 11.5 Å². The van der Waals surface area contributed by atoms with Crippen molar-refractivity contribution >= 4 is 11.9 Å². The van der Waals surface area contributed by atoms with Crippen LogP contribution in [0, 0.1) is 0 Å². The van der Waals surface area contributed by atoms with Gasteiger partial charge in [0.1, 0.15) is 5.82 Å². The summed E-state index contributed by atoms with van der Waals surface area (Å²) in [5.41, 5.74) is 11.0. The predicted molar refractivity (Wildman–Crippen MR) is 54.5 cm³/mol. The molecule has 0 bridgehead atoms. The standard InChI is InChI=1S/C9H15N5/c10-8-12-7(13-9(11)14-8)6-4-2-1-3-5-6/h6H,1-5H2,(H4,10,11,12,13,14). The summed E-state index contributed by atoms with van der Waals surface area (Å²) in [7, 11) is 0. The fourth-order valence-electron chi connectivity index (χ4n) is 1.97. The number of hydrogen-bond donors (Lipinski definition) is 2. The van der Waals surface area contributed by atoms with E-state index >= 15 is 0 Å². The van der Waals surface area contributed by atoms with Gasteiger partial charge < -0.3 is 11.5 Å². The van der Waals surface area contributed by atoms with E-state index < -0.39 is 0 Å². The van der Waals surface area contributed by atoms with Crippen molar-refractivity contribution in [1.29, 1.82) is 0 Å². The van der Waals surface area contributed by atoms with Crippen LogP contribution in [-0.4, -0.2) is 15.0 Å². The summed E-state index contributed by atoms with van der Waals surface area (Å²) in [5.74, 6) is 1.67. The number of nitrogens with zero attached hydrogens (tertiary/aromatic N) is 3. The van der Waals surface area contributed by atoms with Gasteiger partial charge in [-0.2, -0.15) is 15.0 Å². The first kappa shape index (κ1) is 9.18. The van der Waals surface area contributed by atoms with Gasteiger partial charge in [0.15, 0.2) is 0 Å². The van der Waals surface area contributed by atoms with E-state index in [1.165, 1.54) is 19.3 Å². The van der Waals surface area contributed by atoms with Gasteiger partial charge in [-0.15, -0.1) is 0 Å². The maximum Gasteiger partial charge on any atom is 0.225 e. The molecular weight excluding hydrogens is 178 g/mol. The van der Waals surface area contributed by atoms with Gasteiger partial charge in [-0.3, -0.25) is 0 Å². The molecule has 1 aromatic rings. The Kier molecular flexibility index (Phi) is 2.47. The maximum atomic E-state index is 5.52. The van der Waals surface area contributed by atoms with Gasteiger partial charge in [0, 0.05) is 5.92 Å². The molecule has 5 heteroatoms. The van der Waals surface area contributed by atoms with Crippen LogP contribution in [0.5, 0.6) is 0 Å². The summed E-state index contributed by atoms with van der Waals surface area (Å²) < 4.78 is 0. The van der Waals surface area contributed by atoms with Gasteiger partial charge >= 0.3 is 0 Å². The van der Waals surface area contributed by atoms with E-state index in [0.717, 1.165) is 18.7 Å². The summed E-state index contributed by atoms with van der Waals surface area (Å²) in [6.07, 6.45) is 6.09. The Bertz CT molecular complexity index is 299. The largest absolute Gasteiger partial charge is 0.368 e. The van der Waals surface area contributed by atoms with Crippen LogP contribution in [0.15, 0.2) is 0 Å². The molecule has 0 aromatic carbocycles. The van der Waals surface area contributed by atoms with Crippen LogP contribution >= 0.6 is 0 Å². The Balaban J connectivity index is 2.21. The molecule has 0 unspecified atom stereocenters. The third-order valence-electron chi connectivity index (χ3n) is 2.66. The highest BCUT2D eigenvalue weighted by Crippen LogP contribution is 2.30. The molecule has 1 saturated carbocycles. The lowest BCUT2D eigenvalue weighted by atomic mass is 9.89. The second-order valence-electron chi connectivity index (χ2n) is 3.74. The van der Waals surface area contributed by atoms with Gasteiger partial charge in [-0.05, 0) is 12.8 Å². The van der Waals surface area contributed by atoms with Crippen molar-refractivity contribution in [3.63, 3.8) is 0 Å². The summed E-state index contributed by atoms with van der Waals surface area (Å²) in [6.45, 7) is 0. The van der Waals surface area contributed by atoms with E-state index in [1.807, 2.05) is 0 Å². The maximum absolute atomic E-state index is 5.52. The molecule has 1 aliphatic rings. The number of hydrogen-bond acceptors (Lipinski definition) is 5. The molecule has 5 nitrogen and oxygen atoms in total. The van der Waals surface area contributed by atoms with E-state index in [2.05, 4.69) is 15.0 Å². The van der Waals surface area contributed by atoms with Crippen LogP contribution in [0.25, 0.3) is 0 Å². The van der Waals surface area contributed by atoms with E-state index in [0.29, 0.717) is 5.92 Å². The summed E-state index contributed by atoms with van der Waals surface area (Å²) in [5, 5.41) is 0.